The number of aliphatic hydroxyl groups is 2. The summed E-state index contributed by atoms with van der Waals surface area (Å²) in [4.78, 5) is 0. The van der Waals surface area contributed by atoms with Gasteiger partial charge in [0.1, 0.15) is 0 Å². The second-order valence-electron chi connectivity index (χ2n) is 2.73. The lowest BCUT2D eigenvalue weighted by molar-refractivity contribution is 0.134. The lowest BCUT2D eigenvalue weighted by Crippen LogP contribution is -2.00. The lowest BCUT2D eigenvalue weighted by atomic mass is 10.1. The van der Waals surface area contributed by atoms with Gasteiger partial charge in [0.05, 0.1) is 6.10 Å². The van der Waals surface area contributed by atoms with Crippen LogP contribution in [0.15, 0.2) is 22.7 Å². The standard InChI is InChI=1S/C9H10BrIO2/c10-7-3-6(4-8(11)5-7)9(13)1-2-12/h3-5,9,12-13H,1-2H2. The van der Waals surface area contributed by atoms with Crippen molar-refractivity contribution in [2.45, 2.75) is 12.5 Å². The van der Waals surface area contributed by atoms with Gasteiger partial charge in [-0.15, -0.1) is 0 Å². The summed E-state index contributed by atoms with van der Waals surface area (Å²) in [6, 6.07) is 5.74. The molecule has 1 aromatic carbocycles. The van der Waals surface area contributed by atoms with Crippen molar-refractivity contribution in [2.24, 2.45) is 0 Å². The number of halogens is 2. The second-order valence-corrected chi connectivity index (χ2v) is 4.89. The van der Waals surface area contributed by atoms with E-state index in [0.29, 0.717) is 6.42 Å². The predicted octanol–water partition coefficient (Wildman–Crippen LogP) is 2.47. The van der Waals surface area contributed by atoms with Gasteiger partial charge in [0.15, 0.2) is 0 Å². The highest BCUT2D eigenvalue weighted by atomic mass is 127. The summed E-state index contributed by atoms with van der Waals surface area (Å²) in [6.45, 7) is 0.00423. The van der Waals surface area contributed by atoms with Crippen LogP contribution in [0, 0.1) is 3.57 Å². The predicted molar refractivity (Wildman–Crippen MR) is 63.5 cm³/mol. The van der Waals surface area contributed by atoms with Gasteiger partial charge in [-0.1, -0.05) is 15.9 Å². The van der Waals surface area contributed by atoms with Gasteiger partial charge >= 0.3 is 0 Å². The maximum atomic E-state index is 9.59. The topological polar surface area (TPSA) is 40.5 Å². The zero-order chi connectivity index (χ0) is 9.84. The Hall–Kier alpha value is 0.350. The van der Waals surface area contributed by atoms with Crippen molar-refractivity contribution in [1.82, 2.24) is 0 Å². The number of hydrogen-bond acceptors (Lipinski definition) is 2. The molecule has 0 radical (unpaired) electrons. The fraction of sp³-hybridized carbons (Fsp3) is 0.333. The van der Waals surface area contributed by atoms with Gasteiger partial charge in [0.2, 0.25) is 0 Å². The Labute approximate surface area is 99.2 Å². The Kier molecular flexibility index (Phi) is 4.64. The van der Waals surface area contributed by atoms with Gasteiger partial charge in [-0.3, -0.25) is 0 Å². The summed E-state index contributed by atoms with van der Waals surface area (Å²) >= 11 is 5.54. The third-order valence-corrected chi connectivity index (χ3v) is 2.75. The Morgan fingerprint density at radius 3 is 2.62 bits per heavy atom. The van der Waals surface area contributed by atoms with E-state index in [1.807, 2.05) is 18.2 Å². The minimum Gasteiger partial charge on any atom is -0.396 e. The quantitative estimate of drug-likeness (QED) is 0.817. The van der Waals surface area contributed by atoms with Gasteiger partial charge in [-0.25, -0.2) is 0 Å². The largest absolute Gasteiger partial charge is 0.396 e. The van der Waals surface area contributed by atoms with Crippen LogP contribution in [-0.2, 0) is 0 Å². The molecule has 1 rings (SSSR count). The maximum Gasteiger partial charge on any atom is 0.0812 e. The summed E-state index contributed by atoms with van der Waals surface area (Å²) in [5, 5.41) is 18.2. The minimum absolute atomic E-state index is 0.00423. The third-order valence-electron chi connectivity index (χ3n) is 1.67. The molecule has 2 N–H and O–H groups in total. The van der Waals surface area contributed by atoms with E-state index in [0.717, 1.165) is 13.6 Å². The van der Waals surface area contributed by atoms with Crippen molar-refractivity contribution in [1.29, 1.82) is 0 Å². The Balaban J connectivity index is 2.87. The van der Waals surface area contributed by atoms with Crippen LogP contribution >= 0.6 is 38.5 Å². The molecule has 13 heavy (non-hydrogen) atoms. The van der Waals surface area contributed by atoms with E-state index < -0.39 is 6.10 Å². The molecule has 0 amide bonds. The monoisotopic (exact) mass is 356 g/mol. The third kappa shape index (κ3) is 3.53. The van der Waals surface area contributed by atoms with Crippen molar-refractivity contribution in [2.75, 3.05) is 6.61 Å². The average molecular weight is 357 g/mol. The number of rotatable bonds is 3. The molecule has 0 fully saturated rings. The molecule has 0 spiro atoms. The van der Waals surface area contributed by atoms with Gasteiger partial charge in [-0.2, -0.15) is 0 Å². The van der Waals surface area contributed by atoms with E-state index in [-0.39, 0.29) is 6.61 Å². The molecule has 0 saturated heterocycles. The normalized spacial score (nSPS) is 12.9. The van der Waals surface area contributed by atoms with Crippen LogP contribution in [0.1, 0.15) is 18.1 Å². The molecule has 1 atom stereocenters. The molecule has 4 heteroatoms. The fourth-order valence-corrected chi connectivity index (χ4v) is 2.69. The van der Waals surface area contributed by atoms with E-state index in [9.17, 15) is 5.11 Å². The Morgan fingerprint density at radius 1 is 1.38 bits per heavy atom. The number of aliphatic hydroxyl groups excluding tert-OH is 2. The molecule has 0 bridgehead atoms. The first-order chi connectivity index (χ1) is 6.13. The summed E-state index contributed by atoms with van der Waals surface area (Å²) in [5.74, 6) is 0. The molecular formula is C9H10BrIO2. The van der Waals surface area contributed by atoms with E-state index in [1.165, 1.54) is 0 Å². The van der Waals surface area contributed by atoms with Gasteiger partial charge in [0.25, 0.3) is 0 Å². The van der Waals surface area contributed by atoms with E-state index in [2.05, 4.69) is 38.5 Å². The number of benzene rings is 1. The van der Waals surface area contributed by atoms with Crippen molar-refractivity contribution < 1.29 is 10.2 Å². The van der Waals surface area contributed by atoms with E-state index >= 15 is 0 Å². The van der Waals surface area contributed by atoms with Crippen LogP contribution in [0.5, 0.6) is 0 Å². The highest BCUT2D eigenvalue weighted by Crippen LogP contribution is 2.23. The molecule has 2 nitrogen and oxygen atoms in total. The first-order valence-electron chi connectivity index (χ1n) is 3.88. The first kappa shape index (κ1) is 11.4. The minimum atomic E-state index is -0.573. The van der Waals surface area contributed by atoms with Crippen molar-refractivity contribution >= 4 is 38.5 Å². The highest BCUT2D eigenvalue weighted by Gasteiger charge is 2.07. The van der Waals surface area contributed by atoms with Crippen LogP contribution in [0.25, 0.3) is 0 Å². The van der Waals surface area contributed by atoms with Gasteiger partial charge < -0.3 is 10.2 Å². The number of hydrogen-bond donors (Lipinski definition) is 2. The van der Waals surface area contributed by atoms with Gasteiger partial charge in [0, 0.05) is 21.1 Å². The summed E-state index contributed by atoms with van der Waals surface area (Å²) < 4.78 is 2.02. The fourth-order valence-electron chi connectivity index (χ4n) is 1.06. The van der Waals surface area contributed by atoms with Crippen LogP contribution in [0.2, 0.25) is 0 Å². The average Bonchev–Trinajstić information content (AvgIpc) is 2.03. The molecular weight excluding hydrogens is 347 g/mol. The van der Waals surface area contributed by atoms with Crippen LogP contribution in [-0.4, -0.2) is 16.8 Å². The van der Waals surface area contributed by atoms with Crippen molar-refractivity contribution in [3.05, 3.63) is 31.8 Å². The zero-order valence-electron chi connectivity index (χ0n) is 6.87. The highest BCUT2D eigenvalue weighted by molar-refractivity contribution is 14.1. The molecule has 0 aromatic heterocycles. The smallest absolute Gasteiger partial charge is 0.0812 e. The van der Waals surface area contributed by atoms with E-state index in [1.54, 1.807) is 0 Å². The summed E-state index contributed by atoms with van der Waals surface area (Å²) in [5.41, 5.74) is 0.841. The molecule has 0 aliphatic carbocycles. The molecule has 1 unspecified atom stereocenters. The lowest BCUT2D eigenvalue weighted by Gasteiger charge is -2.09. The molecule has 0 aliphatic heterocycles. The zero-order valence-corrected chi connectivity index (χ0v) is 10.6. The molecule has 0 aliphatic rings. The summed E-state index contributed by atoms with van der Waals surface area (Å²) in [6.07, 6.45) is -0.192. The summed E-state index contributed by atoms with van der Waals surface area (Å²) in [7, 11) is 0. The molecule has 0 heterocycles. The van der Waals surface area contributed by atoms with Crippen molar-refractivity contribution in [3.8, 4) is 0 Å². The maximum absolute atomic E-state index is 9.59. The van der Waals surface area contributed by atoms with Gasteiger partial charge in [-0.05, 0) is 46.4 Å². The first-order valence-corrected chi connectivity index (χ1v) is 5.75. The molecule has 72 valence electrons. The molecule has 1 aromatic rings. The van der Waals surface area contributed by atoms with Crippen LogP contribution in [0.4, 0.5) is 0 Å². The Bertz CT molecular complexity index is 271. The van der Waals surface area contributed by atoms with E-state index in [4.69, 9.17) is 5.11 Å². The second kappa shape index (κ2) is 5.29. The Morgan fingerprint density at radius 2 is 2.08 bits per heavy atom. The van der Waals surface area contributed by atoms with Crippen molar-refractivity contribution in [3.63, 3.8) is 0 Å². The molecule has 0 saturated carbocycles. The van der Waals surface area contributed by atoms with Crippen LogP contribution < -0.4 is 0 Å². The SMILES string of the molecule is OCCC(O)c1cc(Br)cc(I)c1. The van der Waals surface area contributed by atoms with Crippen LogP contribution in [0.3, 0.4) is 0 Å².